The lowest BCUT2D eigenvalue weighted by atomic mass is 9.85. The van der Waals surface area contributed by atoms with E-state index in [2.05, 4.69) is 10.3 Å². The van der Waals surface area contributed by atoms with Gasteiger partial charge in [0.1, 0.15) is 0 Å². The van der Waals surface area contributed by atoms with Crippen LogP contribution in [0.5, 0.6) is 11.5 Å². The number of aromatic hydroxyl groups is 1. The maximum absolute atomic E-state index is 13.6. The minimum atomic E-state index is -0.816. The van der Waals surface area contributed by atoms with Crippen LogP contribution in [0.3, 0.4) is 0 Å². The first-order valence-electron chi connectivity index (χ1n) is 10.0. The summed E-state index contributed by atoms with van der Waals surface area (Å²) in [4.78, 5) is 26.2. The summed E-state index contributed by atoms with van der Waals surface area (Å²) in [6.07, 6.45) is 0. The minimum absolute atomic E-state index is 0.0464. The van der Waals surface area contributed by atoms with Crippen LogP contribution in [0.4, 0.5) is 0 Å². The van der Waals surface area contributed by atoms with E-state index in [-0.39, 0.29) is 27.6 Å². The van der Waals surface area contributed by atoms with E-state index >= 15 is 0 Å². The zero-order valence-electron chi connectivity index (χ0n) is 17.7. The zero-order chi connectivity index (χ0) is 23.0. The summed E-state index contributed by atoms with van der Waals surface area (Å²) in [5.74, 6) is -0.862. The monoisotopic (exact) mass is 455 g/mol. The zero-order valence-corrected chi connectivity index (χ0v) is 18.5. The molecule has 4 rings (SSSR count). The highest BCUT2D eigenvalue weighted by atomic mass is 35.5. The molecular formula is C23H22ClN3O5. The van der Waals surface area contributed by atoms with Gasteiger partial charge < -0.3 is 14.4 Å². The number of hydrogen-bond donors (Lipinski definition) is 3. The molecule has 4 aromatic rings. The second kappa shape index (κ2) is 8.47. The van der Waals surface area contributed by atoms with Crippen LogP contribution in [0.25, 0.3) is 5.69 Å². The fourth-order valence-electron chi connectivity index (χ4n) is 3.88. The molecule has 2 heterocycles. The molecule has 3 N–H and O–H groups in total. The van der Waals surface area contributed by atoms with E-state index in [9.17, 15) is 14.7 Å². The van der Waals surface area contributed by atoms with Gasteiger partial charge in [0.25, 0.3) is 5.56 Å². The smallest absolute Gasteiger partial charge is 0.361 e. The van der Waals surface area contributed by atoms with E-state index in [0.717, 1.165) is 0 Å². The highest BCUT2D eigenvalue weighted by Crippen LogP contribution is 2.41. The molecule has 9 heteroatoms. The summed E-state index contributed by atoms with van der Waals surface area (Å²) in [5, 5.41) is 16.0. The molecule has 0 aliphatic heterocycles. The molecule has 0 saturated carbocycles. The Morgan fingerprint density at radius 2 is 1.84 bits per heavy atom. The van der Waals surface area contributed by atoms with Gasteiger partial charge in [-0.1, -0.05) is 29.8 Å². The van der Waals surface area contributed by atoms with E-state index in [1.54, 1.807) is 39.0 Å². The van der Waals surface area contributed by atoms with E-state index in [0.29, 0.717) is 34.8 Å². The van der Waals surface area contributed by atoms with Gasteiger partial charge in [-0.2, -0.15) is 0 Å². The molecule has 0 radical (unpaired) electrons. The predicted molar refractivity (Wildman–Crippen MR) is 120 cm³/mol. The molecule has 0 amide bonds. The van der Waals surface area contributed by atoms with Gasteiger partial charge in [0.2, 0.25) is 0 Å². The maximum atomic E-state index is 13.6. The van der Waals surface area contributed by atoms with Gasteiger partial charge in [0.05, 0.1) is 40.1 Å². The molecule has 0 saturated heterocycles. The fourth-order valence-corrected chi connectivity index (χ4v) is 4.10. The lowest BCUT2D eigenvalue weighted by Crippen LogP contribution is -2.23. The van der Waals surface area contributed by atoms with Gasteiger partial charge in [-0.15, -0.1) is 0 Å². The van der Waals surface area contributed by atoms with Crippen molar-refractivity contribution in [2.24, 2.45) is 0 Å². The molecule has 32 heavy (non-hydrogen) atoms. The molecular weight excluding hydrogens is 434 g/mol. The van der Waals surface area contributed by atoms with E-state index in [1.807, 2.05) is 18.2 Å². The Labute approximate surface area is 188 Å². The Morgan fingerprint density at radius 3 is 2.47 bits per heavy atom. The molecule has 2 aromatic heterocycles. The second-order valence-electron chi connectivity index (χ2n) is 7.37. The summed E-state index contributed by atoms with van der Waals surface area (Å²) in [5.41, 5.74) is 1.93. The largest absolute Gasteiger partial charge is 0.503 e. The fraction of sp³-hybridized carbons (Fsp3) is 0.217. The predicted octanol–water partition coefficient (Wildman–Crippen LogP) is 4.00. The van der Waals surface area contributed by atoms with Gasteiger partial charge in [-0.25, -0.2) is 14.6 Å². The molecule has 0 aliphatic carbocycles. The highest BCUT2D eigenvalue weighted by Gasteiger charge is 2.31. The van der Waals surface area contributed by atoms with Crippen LogP contribution < -0.4 is 15.9 Å². The van der Waals surface area contributed by atoms with Crippen LogP contribution in [0.15, 0.2) is 56.6 Å². The average molecular weight is 456 g/mol. The Kier molecular flexibility index (Phi) is 5.71. The van der Waals surface area contributed by atoms with Gasteiger partial charge in [0.15, 0.2) is 11.5 Å². The Hall–Kier alpha value is -3.65. The number of hydrogen-bond acceptors (Lipinski definition) is 5. The number of rotatable bonds is 6. The third kappa shape index (κ3) is 3.62. The van der Waals surface area contributed by atoms with Crippen LogP contribution in [-0.2, 0) is 0 Å². The van der Waals surface area contributed by atoms with Crippen molar-refractivity contribution in [1.82, 2.24) is 14.9 Å². The number of para-hydroxylation sites is 1. The van der Waals surface area contributed by atoms with E-state index in [4.69, 9.17) is 20.9 Å². The number of benzene rings is 2. The van der Waals surface area contributed by atoms with Crippen molar-refractivity contribution in [1.29, 1.82) is 0 Å². The summed E-state index contributed by atoms with van der Waals surface area (Å²) in [6.45, 7) is 5.53. The topological polar surface area (TPSA) is 113 Å². The Morgan fingerprint density at radius 1 is 1.12 bits per heavy atom. The molecule has 2 aromatic carbocycles. The SMILES string of the molecule is CCOc1cc(C(c2c(C)[nH]oc2=O)c2c(C)[nH]n(-c3ccccc3)c2=O)cc(Cl)c1O. The molecule has 0 aliphatic rings. The number of halogens is 1. The molecule has 1 unspecified atom stereocenters. The van der Waals surface area contributed by atoms with Crippen molar-refractivity contribution in [2.75, 3.05) is 6.61 Å². The minimum Gasteiger partial charge on any atom is -0.503 e. The third-order valence-corrected chi connectivity index (χ3v) is 5.60. The van der Waals surface area contributed by atoms with Crippen molar-refractivity contribution < 1.29 is 14.4 Å². The number of ether oxygens (including phenoxy) is 1. The third-order valence-electron chi connectivity index (χ3n) is 5.31. The number of phenolic OH excluding ortho intramolecular Hbond substituents is 1. The lowest BCUT2D eigenvalue weighted by Gasteiger charge is -2.18. The number of nitrogens with zero attached hydrogens (tertiary/aromatic N) is 1. The number of H-pyrrole nitrogens is 2. The van der Waals surface area contributed by atoms with Crippen LogP contribution >= 0.6 is 11.6 Å². The van der Waals surface area contributed by atoms with Crippen LogP contribution in [0.2, 0.25) is 5.02 Å². The first-order chi connectivity index (χ1) is 15.3. The van der Waals surface area contributed by atoms with Crippen molar-refractivity contribution in [2.45, 2.75) is 26.7 Å². The van der Waals surface area contributed by atoms with E-state index in [1.165, 1.54) is 10.7 Å². The molecule has 8 nitrogen and oxygen atoms in total. The first kappa shape index (κ1) is 21.6. The quantitative estimate of drug-likeness (QED) is 0.406. The normalized spacial score (nSPS) is 12.1. The van der Waals surface area contributed by atoms with Crippen molar-refractivity contribution in [3.8, 4) is 17.2 Å². The van der Waals surface area contributed by atoms with Crippen molar-refractivity contribution in [3.05, 3.63) is 96.3 Å². The van der Waals surface area contributed by atoms with Crippen LogP contribution in [0, 0.1) is 13.8 Å². The maximum Gasteiger partial charge on any atom is 0.361 e. The summed E-state index contributed by atoms with van der Waals surface area (Å²) in [7, 11) is 0. The number of aromatic nitrogens is 3. The molecule has 0 fully saturated rings. The lowest BCUT2D eigenvalue weighted by molar-refractivity contribution is 0.318. The van der Waals surface area contributed by atoms with E-state index < -0.39 is 11.5 Å². The standard InChI is InChI=1S/C23H22ClN3O5/c1-4-31-17-11-14(10-16(24)21(17)28)20(19-13(3)26-32-23(19)30)18-12(2)25-27(22(18)29)15-8-6-5-7-9-15/h5-11,20,25-26,28H,4H2,1-3H3. The Balaban J connectivity index is 2.02. The molecule has 1 atom stereocenters. The van der Waals surface area contributed by atoms with Gasteiger partial charge >= 0.3 is 5.63 Å². The van der Waals surface area contributed by atoms with Gasteiger partial charge in [0, 0.05) is 5.69 Å². The average Bonchev–Trinajstić information content (AvgIpc) is 3.26. The van der Waals surface area contributed by atoms with Crippen LogP contribution in [-0.4, -0.2) is 26.7 Å². The number of aryl methyl sites for hydroxylation is 2. The van der Waals surface area contributed by atoms with Crippen LogP contribution in [0.1, 0.15) is 40.9 Å². The van der Waals surface area contributed by atoms with Gasteiger partial charge in [-0.05, 0) is 50.6 Å². The number of aromatic amines is 2. The van der Waals surface area contributed by atoms with Crippen molar-refractivity contribution in [3.63, 3.8) is 0 Å². The summed E-state index contributed by atoms with van der Waals surface area (Å²) < 4.78 is 12.0. The summed E-state index contributed by atoms with van der Waals surface area (Å²) >= 11 is 6.28. The molecule has 166 valence electrons. The molecule has 0 bridgehead atoms. The van der Waals surface area contributed by atoms with Gasteiger partial charge in [-0.3, -0.25) is 9.89 Å². The number of phenols is 1. The second-order valence-corrected chi connectivity index (χ2v) is 7.78. The summed E-state index contributed by atoms with van der Waals surface area (Å²) in [6, 6.07) is 12.2. The first-order valence-corrected chi connectivity index (χ1v) is 10.4. The Bertz CT molecular complexity index is 1380. The number of nitrogens with one attached hydrogen (secondary N) is 2. The highest BCUT2D eigenvalue weighted by molar-refractivity contribution is 6.32. The molecule has 0 spiro atoms. The van der Waals surface area contributed by atoms with Crippen molar-refractivity contribution >= 4 is 11.6 Å².